The summed E-state index contributed by atoms with van der Waals surface area (Å²) in [6.45, 7) is -0.800. The first-order valence-electron chi connectivity index (χ1n) is 11.2. The van der Waals surface area contributed by atoms with Crippen molar-refractivity contribution in [2.75, 3.05) is 31.6 Å². The van der Waals surface area contributed by atoms with Crippen LogP contribution in [0.5, 0.6) is 5.75 Å². The zero-order valence-corrected chi connectivity index (χ0v) is 20.9. The Morgan fingerprint density at radius 2 is 1.92 bits per heavy atom. The molecule has 0 unspecified atom stereocenters. The van der Waals surface area contributed by atoms with Crippen LogP contribution in [0, 0.1) is 18.7 Å². The van der Waals surface area contributed by atoms with Crippen LogP contribution in [0.15, 0.2) is 29.3 Å². The van der Waals surface area contributed by atoms with Crippen LogP contribution in [0.1, 0.15) is 16.1 Å². The molecule has 1 fully saturated rings. The predicted octanol–water partition coefficient (Wildman–Crippen LogP) is 0.901. The van der Waals surface area contributed by atoms with E-state index < -0.39 is 58.2 Å². The summed E-state index contributed by atoms with van der Waals surface area (Å²) in [5.41, 5.74) is 0.416. The van der Waals surface area contributed by atoms with Gasteiger partial charge in [-0.15, -0.1) is 0 Å². The van der Waals surface area contributed by atoms with E-state index in [2.05, 4.69) is 10.0 Å². The van der Waals surface area contributed by atoms with Gasteiger partial charge in [-0.25, -0.2) is 17.5 Å². The van der Waals surface area contributed by atoms with Gasteiger partial charge in [-0.1, -0.05) is 0 Å². The smallest absolute Gasteiger partial charge is 0.405 e. The van der Waals surface area contributed by atoms with E-state index in [0.717, 1.165) is 4.90 Å². The van der Waals surface area contributed by atoms with E-state index in [-0.39, 0.29) is 47.3 Å². The van der Waals surface area contributed by atoms with Crippen molar-refractivity contribution in [3.63, 3.8) is 0 Å². The molecule has 4 rings (SSSR count). The molecule has 2 aliphatic heterocycles. The van der Waals surface area contributed by atoms with Crippen molar-refractivity contribution in [3.8, 4) is 5.75 Å². The fourth-order valence-electron chi connectivity index (χ4n) is 4.28. The average molecular weight is 562 g/mol. The lowest BCUT2D eigenvalue weighted by Crippen LogP contribution is -2.46. The third kappa shape index (κ3) is 5.60. The normalized spacial score (nSPS) is 20.4. The highest BCUT2D eigenvalue weighted by Gasteiger charge is 2.43. The number of carbonyl (C=O) groups excluding carboxylic acids is 3. The highest BCUT2D eigenvalue weighted by atomic mass is 32.2. The fourth-order valence-corrected chi connectivity index (χ4v) is 5.76. The number of aryl methyl sites for hydroxylation is 2. The number of amides is 3. The number of ether oxygens (including phenoxy) is 1. The Morgan fingerprint density at radius 3 is 2.58 bits per heavy atom. The van der Waals surface area contributed by atoms with Gasteiger partial charge in [0.05, 0.1) is 6.61 Å². The predicted molar refractivity (Wildman–Crippen MR) is 123 cm³/mol. The summed E-state index contributed by atoms with van der Waals surface area (Å²) in [5, 5.41) is 4.06. The minimum absolute atomic E-state index is 0.136. The van der Waals surface area contributed by atoms with Crippen LogP contribution >= 0.6 is 0 Å². The van der Waals surface area contributed by atoms with E-state index >= 15 is 0 Å². The number of hydrogen-bond donors (Lipinski definition) is 3. The van der Waals surface area contributed by atoms with Crippen LogP contribution in [-0.2, 0) is 26.7 Å². The maximum atomic E-state index is 13.6. The number of sulfonamides is 1. The maximum Gasteiger partial charge on any atom is 0.405 e. The van der Waals surface area contributed by atoms with Gasteiger partial charge in [0.15, 0.2) is 11.4 Å². The number of fused-ring (bicyclic) bond motifs is 2. The Bertz CT molecular complexity index is 1410. The molecular weight excluding hydrogens is 538 g/mol. The summed E-state index contributed by atoms with van der Waals surface area (Å²) in [5.74, 6) is -4.83. The summed E-state index contributed by atoms with van der Waals surface area (Å²) < 4.78 is 86.5. The number of aromatic nitrogens is 1. The Labute approximate surface area is 214 Å². The van der Waals surface area contributed by atoms with Crippen molar-refractivity contribution < 1.29 is 45.1 Å². The summed E-state index contributed by atoms with van der Waals surface area (Å²) in [7, 11) is -2.85. The molecule has 206 valence electrons. The number of carbonyl (C=O) groups is 3. The van der Waals surface area contributed by atoms with Crippen molar-refractivity contribution in [1.82, 2.24) is 19.5 Å². The quantitative estimate of drug-likeness (QED) is 0.376. The third-order valence-corrected chi connectivity index (χ3v) is 7.63. The maximum absolute atomic E-state index is 13.6. The number of rotatable bonds is 3. The van der Waals surface area contributed by atoms with Gasteiger partial charge in [0.1, 0.15) is 17.3 Å². The van der Waals surface area contributed by atoms with Gasteiger partial charge < -0.3 is 24.8 Å². The summed E-state index contributed by atoms with van der Waals surface area (Å²) in [4.78, 5) is 37.9. The van der Waals surface area contributed by atoms with Gasteiger partial charge in [-0.3, -0.25) is 14.4 Å². The standard InChI is InChI=1S/C22H23F4N5O6S/c1-11-5-13(3-4-14(11)23)28-19(32)17-18-16(8-30(17)2)38(35,36)29-15-7-31(6-12(15)9-37-18)21(34)20(33)27-10-22(24,25)26/h3-5,8,12,15,29H,6-7,9-10H2,1-2H3,(H,27,33)(H,28,32)/t12-,15-/m0/s1. The van der Waals surface area contributed by atoms with Gasteiger partial charge >= 0.3 is 18.0 Å². The van der Waals surface area contributed by atoms with Gasteiger partial charge in [0.2, 0.25) is 10.0 Å². The van der Waals surface area contributed by atoms with Crippen molar-refractivity contribution in [1.29, 1.82) is 0 Å². The van der Waals surface area contributed by atoms with Crippen molar-refractivity contribution in [2.45, 2.75) is 24.0 Å². The second-order valence-electron chi connectivity index (χ2n) is 9.01. The Balaban J connectivity index is 1.54. The molecule has 16 heteroatoms. The number of benzene rings is 1. The molecule has 2 aliphatic rings. The first-order chi connectivity index (χ1) is 17.7. The van der Waals surface area contributed by atoms with Crippen molar-refractivity contribution in [3.05, 3.63) is 41.5 Å². The second-order valence-corrected chi connectivity index (χ2v) is 10.7. The first-order valence-corrected chi connectivity index (χ1v) is 12.7. The fraction of sp³-hybridized carbons (Fsp3) is 0.409. The zero-order chi connectivity index (χ0) is 28.0. The molecule has 11 nitrogen and oxygen atoms in total. The van der Waals surface area contributed by atoms with Crippen LogP contribution in [0.4, 0.5) is 23.2 Å². The van der Waals surface area contributed by atoms with Crippen LogP contribution in [0.2, 0.25) is 0 Å². The monoisotopic (exact) mass is 561 g/mol. The number of nitrogens with one attached hydrogen (secondary N) is 3. The van der Waals surface area contributed by atoms with Crippen LogP contribution in [0.25, 0.3) is 0 Å². The van der Waals surface area contributed by atoms with Crippen LogP contribution < -0.4 is 20.1 Å². The molecule has 38 heavy (non-hydrogen) atoms. The van der Waals surface area contributed by atoms with Gasteiger partial charge in [0.25, 0.3) is 5.91 Å². The summed E-state index contributed by atoms with van der Waals surface area (Å²) in [6.07, 6.45) is -3.54. The molecular formula is C22H23F4N5O6S. The molecule has 0 aliphatic carbocycles. The summed E-state index contributed by atoms with van der Waals surface area (Å²) >= 11 is 0. The first kappa shape index (κ1) is 27.4. The van der Waals surface area contributed by atoms with E-state index in [1.807, 2.05) is 0 Å². The van der Waals surface area contributed by atoms with Crippen molar-refractivity contribution >= 4 is 33.4 Å². The number of anilines is 1. The lowest BCUT2D eigenvalue weighted by atomic mass is 10.1. The average Bonchev–Trinajstić information content (AvgIpc) is 3.36. The molecule has 1 aromatic heterocycles. The molecule has 1 aromatic carbocycles. The van der Waals surface area contributed by atoms with Crippen LogP contribution in [-0.4, -0.2) is 74.1 Å². The second kappa shape index (κ2) is 9.90. The minimum Gasteiger partial charge on any atom is -0.489 e. The van der Waals surface area contributed by atoms with E-state index in [4.69, 9.17) is 4.74 Å². The molecule has 3 heterocycles. The van der Waals surface area contributed by atoms with Gasteiger partial charge in [-0.05, 0) is 30.7 Å². The van der Waals surface area contributed by atoms with Crippen LogP contribution in [0.3, 0.4) is 0 Å². The molecule has 0 bridgehead atoms. The molecule has 2 aromatic rings. The number of likely N-dealkylation sites (tertiary alicyclic amines) is 1. The van der Waals surface area contributed by atoms with E-state index in [1.165, 1.54) is 48.3 Å². The molecule has 3 amide bonds. The van der Waals surface area contributed by atoms with Gasteiger partial charge in [-0.2, -0.15) is 13.2 Å². The number of hydrogen-bond acceptors (Lipinski definition) is 6. The Hall–Kier alpha value is -3.66. The van der Waals surface area contributed by atoms with E-state index in [1.54, 1.807) is 0 Å². The zero-order valence-electron chi connectivity index (χ0n) is 20.1. The SMILES string of the molecule is Cc1cc(NC(=O)c2c3c(cn2C)S(=O)(=O)N[C@H]2CN(C(=O)C(=O)NCC(F)(F)F)C[C@H]2CO3)ccc1F. The highest BCUT2D eigenvalue weighted by molar-refractivity contribution is 7.89. The minimum atomic E-state index is -4.71. The number of alkyl halides is 3. The van der Waals surface area contributed by atoms with Gasteiger partial charge in [0, 0.05) is 44.0 Å². The lowest BCUT2D eigenvalue weighted by Gasteiger charge is -2.23. The molecule has 0 spiro atoms. The number of nitrogens with zero attached hydrogens (tertiary/aromatic N) is 2. The molecule has 0 saturated carbocycles. The summed E-state index contributed by atoms with van der Waals surface area (Å²) in [6, 6.07) is 3.01. The van der Waals surface area contributed by atoms with Crippen molar-refractivity contribution in [2.24, 2.45) is 13.0 Å². The van der Waals surface area contributed by atoms with E-state index in [9.17, 15) is 40.4 Å². The Morgan fingerprint density at radius 1 is 1.21 bits per heavy atom. The highest BCUT2D eigenvalue weighted by Crippen LogP contribution is 2.34. The Kier molecular flexibility index (Phi) is 7.13. The topological polar surface area (TPSA) is 139 Å². The van der Waals surface area contributed by atoms with E-state index in [0.29, 0.717) is 0 Å². The largest absolute Gasteiger partial charge is 0.489 e. The number of halogens is 4. The third-order valence-electron chi connectivity index (χ3n) is 6.14. The molecule has 3 N–H and O–H groups in total. The molecule has 1 saturated heterocycles. The molecule has 2 atom stereocenters. The molecule has 0 radical (unpaired) electrons. The lowest BCUT2D eigenvalue weighted by molar-refractivity contribution is -0.150.